The van der Waals surface area contributed by atoms with Gasteiger partial charge in [-0.2, -0.15) is 0 Å². The van der Waals surface area contributed by atoms with Gasteiger partial charge in [0.2, 0.25) is 0 Å². The van der Waals surface area contributed by atoms with Crippen molar-refractivity contribution in [3.8, 4) is 0 Å². The molecular weight excluding hydrogens is 428 g/mol. The summed E-state index contributed by atoms with van der Waals surface area (Å²) in [5, 5.41) is 4.18. The average Bonchev–Trinajstić information content (AvgIpc) is 3.26. The maximum absolute atomic E-state index is 13.1. The Labute approximate surface area is 188 Å². The zero-order chi connectivity index (χ0) is 21.6. The number of halogens is 1. The number of allylic oxidation sites excluding steroid dienone is 2. The number of rotatable bonds is 4. The molecule has 0 amide bonds. The number of anilines is 2. The van der Waals surface area contributed by atoms with Crippen molar-refractivity contribution in [2.24, 2.45) is 5.92 Å². The fraction of sp³-hybridized carbons (Fsp3) is 0.200. The number of hydrogen-bond donors (Lipinski definition) is 2. The zero-order valence-electron chi connectivity index (χ0n) is 17.0. The summed E-state index contributed by atoms with van der Waals surface area (Å²) in [6, 6.07) is 21.1. The van der Waals surface area contributed by atoms with E-state index in [9.17, 15) is 8.42 Å². The topological polar surface area (TPSA) is 58.2 Å². The maximum atomic E-state index is 13.1. The number of aryl methyl sites for hydroxylation is 1. The molecule has 5 rings (SSSR count). The first kappa shape index (κ1) is 20.2. The third kappa shape index (κ3) is 3.73. The molecule has 0 aromatic heterocycles. The monoisotopic (exact) mass is 450 g/mol. The van der Waals surface area contributed by atoms with Crippen LogP contribution in [0.25, 0.3) is 0 Å². The van der Waals surface area contributed by atoms with Gasteiger partial charge in [-0.1, -0.05) is 60.2 Å². The molecular formula is C25H23ClN2O2S. The van der Waals surface area contributed by atoms with E-state index in [1.54, 1.807) is 30.3 Å². The van der Waals surface area contributed by atoms with E-state index < -0.39 is 10.0 Å². The number of sulfonamides is 1. The van der Waals surface area contributed by atoms with Crippen molar-refractivity contribution < 1.29 is 8.42 Å². The van der Waals surface area contributed by atoms with E-state index in [-0.39, 0.29) is 16.9 Å². The first-order valence-electron chi connectivity index (χ1n) is 10.3. The highest BCUT2D eigenvalue weighted by Crippen LogP contribution is 2.50. The second-order valence-corrected chi connectivity index (χ2v) is 10.3. The Hall–Kier alpha value is -2.76. The normalized spacial score (nSPS) is 21.8. The summed E-state index contributed by atoms with van der Waals surface area (Å²) in [4.78, 5) is 0.252. The zero-order valence-corrected chi connectivity index (χ0v) is 18.6. The minimum atomic E-state index is -3.73. The molecule has 0 saturated carbocycles. The number of fused-ring (bicyclic) bond motifs is 3. The standard InChI is InChI=1S/C25H23ClN2O2S/c1-16-10-11-18(14-23(16)26)28-31(29,30)19-12-13-24-22(15-19)20-8-5-9-21(20)25(27-24)17-6-3-2-4-7-17/h2-8,10-15,20-21,25,27-28H,9H2,1H3/t20-,21+,25+/m0/s1. The van der Waals surface area contributed by atoms with Crippen LogP contribution in [0.5, 0.6) is 0 Å². The molecule has 0 radical (unpaired) electrons. The van der Waals surface area contributed by atoms with Crippen LogP contribution in [-0.4, -0.2) is 8.42 Å². The summed E-state index contributed by atoms with van der Waals surface area (Å²) >= 11 is 6.16. The molecule has 6 heteroatoms. The smallest absolute Gasteiger partial charge is 0.261 e. The fourth-order valence-electron chi connectivity index (χ4n) is 4.60. The van der Waals surface area contributed by atoms with Gasteiger partial charge in [-0.3, -0.25) is 4.72 Å². The molecule has 1 heterocycles. The highest BCUT2D eigenvalue weighted by molar-refractivity contribution is 7.92. The molecule has 158 valence electrons. The predicted octanol–water partition coefficient (Wildman–Crippen LogP) is 6.28. The van der Waals surface area contributed by atoms with Crippen molar-refractivity contribution >= 4 is 33.0 Å². The van der Waals surface area contributed by atoms with Crippen molar-refractivity contribution in [2.45, 2.75) is 30.2 Å². The maximum Gasteiger partial charge on any atom is 0.261 e. The van der Waals surface area contributed by atoms with Gasteiger partial charge in [-0.15, -0.1) is 0 Å². The Bertz CT molecular complexity index is 1270. The molecule has 1 aliphatic heterocycles. The third-order valence-electron chi connectivity index (χ3n) is 6.23. The van der Waals surface area contributed by atoms with Gasteiger partial charge in [0.1, 0.15) is 0 Å². The van der Waals surface area contributed by atoms with Crippen LogP contribution in [0.1, 0.15) is 35.1 Å². The van der Waals surface area contributed by atoms with E-state index in [2.05, 4.69) is 46.5 Å². The summed E-state index contributed by atoms with van der Waals surface area (Å²) in [5.74, 6) is 0.544. The Morgan fingerprint density at radius 1 is 1.03 bits per heavy atom. The van der Waals surface area contributed by atoms with Crippen molar-refractivity contribution in [1.82, 2.24) is 0 Å². The van der Waals surface area contributed by atoms with Crippen LogP contribution in [-0.2, 0) is 10.0 Å². The Morgan fingerprint density at radius 3 is 2.61 bits per heavy atom. The van der Waals surface area contributed by atoms with E-state index in [0.29, 0.717) is 16.6 Å². The first-order valence-corrected chi connectivity index (χ1v) is 12.2. The second kappa shape index (κ2) is 7.74. The lowest BCUT2D eigenvalue weighted by atomic mass is 9.77. The van der Waals surface area contributed by atoms with Crippen LogP contribution in [0.3, 0.4) is 0 Å². The Morgan fingerprint density at radius 2 is 1.84 bits per heavy atom. The van der Waals surface area contributed by atoms with Crippen molar-refractivity contribution in [2.75, 3.05) is 10.0 Å². The van der Waals surface area contributed by atoms with Crippen molar-refractivity contribution in [3.63, 3.8) is 0 Å². The molecule has 0 saturated heterocycles. The van der Waals surface area contributed by atoms with Crippen LogP contribution in [0.15, 0.2) is 83.8 Å². The molecule has 2 N–H and O–H groups in total. The molecule has 2 aliphatic rings. The Kier molecular flexibility index (Phi) is 5.03. The van der Waals surface area contributed by atoms with Crippen LogP contribution < -0.4 is 10.0 Å². The van der Waals surface area contributed by atoms with Crippen molar-refractivity contribution in [3.05, 3.63) is 101 Å². The molecule has 3 atom stereocenters. The van der Waals surface area contributed by atoms with Gasteiger partial charge in [0, 0.05) is 16.6 Å². The fourth-order valence-corrected chi connectivity index (χ4v) is 5.87. The van der Waals surface area contributed by atoms with Gasteiger partial charge < -0.3 is 5.32 Å². The van der Waals surface area contributed by atoms with Crippen LogP contribution in [0, 0.1) is 12.8 Å². The molecule has 0 spiro atoms. The van der Waals surface area contributed by atoms with Crippen LogP contribution >= 0.6 is 11.6 Å². The van der Waals surface area contributed by atoms with Gasteiger partial charge in [0.25, 0.3) is 10.0 Å². The van der Waals surface area contributed by atoms with Crippen molar-refractivity contribution in [1.29, 1.82) is 0 Å². The molecule has 0 bridgehead atoms. The van der Waals surface area contributed by atoms with Gasteiger partial charge in [-0.25, -0.2) is 8.42 Å². The summed E-state index contributed by atoms with van der Waals surface area (Å²) < 4.78 is 28.8. The van der Waals surface area contributed by atoms with E-state index in [4.69, 9.17) is 11.6 Å². The number of nitrogens with one attached hydrogen (secondary N) is 2. The molecule has 1 aliphatic carbocycles. The quantitative estimate of drug-likeness (QED) is 0.460. The largest absolute Gasteiger partial charge is 0.378 e. The van der Waals surface area contributed by atoms with E-state index in [1.165, 1.54) is 5.56 Å². The summed E-state index contributed by atoms with van der Waals surface area (Å²) in [5.41, 5.74) is 4.61. The lowest BCUT2D eigenvalue weighted by molar-refractivity contribution is 0.425. The van der Waals surface area contributed by atoms with E-state index >= 15 is 0 Å². The molecule has 0 fully saturated rings. The highest BCUT2D eigenvalue weighted by atomic mass is 35.5. The van der Waals surface area contributed by atoms with Gasteiger partial charge >= 0.3 is 0 Å². The first-order chi connectivity index (χ1) is 14.9. The van der Waals surface area contributed by atoms with E-state index in [0.717, 1.165) is 23.2 Å². The average molecular weight is 451 g/mol. The van der Waals surface area contributed by atoms with Gasteiger partial charge in [0.15, 0.2) is 0 Å². The molecule has 0 unspecified atom stereocenters. The molecule has 3 aromatic rings. The second-order valence-electron chi connectivity index (χ2n) is 8.20. The third-order valence-corrected chi connectivity index (χ3v) is 8.01. The van der Waals surface area contributed by atoms with Gasteiger partial charge in [-0.05, 0) is 66.3 Å². The SMILES string of the molecule is Cc1ccc(NS(=O)(=O)c2ccc3c(c2)[C@H]2C=CC[C@H]2[C@@H](c2ccccc2)N3)cc1Cl. The highest BCUT2D eigenvalue weighted by Gasteiger charge is 2.38. The molecule has 4 nitrogen and oxygen atoms in total. The number of benzene rings is 3. The lowest BCUT2D eigenvalue weighted by Gasteiger charge is -2.37. The van der Waals surface area contributed by atoms with Gasteiger partial charge in [0.05, 0.1) is 16.6 Å². The van der Waals surface area contributed by atoms with E-state index in [1.807, 2.05) is 19.1 Å². The molecule has 3 aromatic carbocycles. The van der Waals surface area contributed by atoms with Crippen LogP contribution in [0.4, 0.5) is 11.4 Å². The lowest BCUT2D eigenvalue weighted by Crippen LogP contribution is -2.29. The minimum Gasteiger partial charge on any atom is -0.378 e. The molecule has 31 heavy (non-hydrogen) atoms. The summed E-state index contributed by atoms with van der Waals surface area (Å²) in [7, 11) is -3.73. The predicted molar refractivity (Wildman–Crippen MR) is 126 cm³/mol. The summed E-state index contributed by atoms with van der Waals surface area (Å²) in [6.45, 7) is 1.88. The minimum absolute atomic E-state index is 0.186. The Balaban J connectivity index is 1.48. The van der Waals surface area contributed by atoms with Crippen LogP contribution in [0.2, 0.25) is 5.02 Å². The number of hydrogen-bond acceptors (Lipinski definition) is 3. The summed E-state index contributed by atoms with van der Waals surface area (Å²) in [6.07, 6.45) is 5.38.